The molecule has 20 heavy (non-hydrogen) atoms. The zero-order valence-electron chi connectivity index (χ0n) is 11.3. The highest BCUT2D eigenvalue weighted by atomic mass is 79.9. The van der Waals surface area contributed by atoms with Crippen molar-refractivity contribution in [3.8, 4) is 0 Å². The first-order valence-electron chi connectivity index (χ1n) is 5.76. The van der Waals surface area contributed by atoms with Gasteiger partial charge in [-0.25, -0.2) is 0 Å². The van der Waals surface area contributed by atoms with E-state index < -0.39 is 23.1 Å². The molecule has 1 rings (SSSR count). The topological polar surface area (TPSA) is 38.3 Å². The highest BCUT2D eigenvalue weighted by Gasteiger charge is 2.32. The molecular weight excluding hydrogens is 339 g/mol. The van der Waals surface area contributed by atoms with E-state index in [0.717, 1.165) is 12.1 Å². The van der Waals surface area contributed by atoms with Gasteiger partial charge in [0, 0.05) is 16.7 Å². The molecule has 1 aromatic carbocycles. The number of rotatable bonds is 4. The molecule has 112 valence electrons. The number of carbonyl (C=O) groups is 1. The zero-order chi connectivity index (χ0) is 15.6. The average molecular weight is 354 g/mol. The zero-order valence-corrected chi connectivity index (χ0v) is 12.9. The molecule has 0 saturated carbocycles. The van der Waals surface area contributed by atoms with Gasteiger partial charge in [-0.2, -0.15) is 13.2 Å². The van der Waals surface area contributed by atoms with Crippen molar-refractivity contribution in [1.29, 1.82) is 0 Å². The summed E-state index contributed by atoms with van der Waals surface area (Å²) in [5.41, 5.74) is -1.32. The van der Waals surface area contributed by atoms with Crippen LogP contribution in [0.1, 0.15) is 19.4 Å². The van der Waals surface area contributed by atoms with Crippen LogP contribution in [0.25, 0.3) is 0 Å². The monoisotopic (exact) mass is 353 g/mol. The Labute approximate surface area is 123 Å². The van der Waals surface area contributed by atoms with Crippen molar-refractivity contribution in [2.45, 2.75) is 20.0 Å². The second-order valence-corrected chi connectivity index (χ2v) is 5.87. The van der Waals surface area contributed by atoms with Gasteiger partial charge in [-0.3, -0.25) is 4.79 Å². The summed E-state index contributed by atoms with van der Waals surface area (Å²) in [4.78, 5) is 11.5. The van der Waals surface area contributed by atoms with Gasteiger partial charge >= 0.3 is 12.1 Å². The van der Waals surface area contributed by atoms with Crippen LogP contribution in [0.4, 0.5) is 18.9 Å². The van der Waals surface area contributed by atoms with E-state index in [4.69, 9.17) is 0 Å². The summed E-state index contributed by atoms with van der Waals surface area (Å²) in [5.74, 6) is -0.434. The van der Waals surface area contributed by atoms with Gasteiger partial charge in [-0.15, -0.1) is 0 Å². The number of anilines is 1. The summed E-state index contributed by atoms with van der Waals surface area (Å²) in [6.07, 6.45) is -4.42. The van der Waals surface area contributed by atoms with E-state index in [1.165, 1.54) is 13.2 Å². The van der Waals surface area contributed by atoms with Crippen molar-refractivity contribution in [3.05, 3.63) is 28.2 Å². The van der Waals surface area contributed by atoms with Crippen molar-refractivity contribution in [2.24, 2.45) is 5.41 Å². The fourth-order valence-electron chi connectivity index (χ4n) is 1.53. The van der Waals surface area contributed by atoms with Crippen molar-refractivity contribution in [1.82, 2.24) is 0 Å². The molecule has 1 N–H and O–H groups in total. The Hall–Kier alpha value is -1.24. The second-order valence-electron chi connectivity index (χ2n) is 4.96. The number of alkyl halides is 3. The van der Waals surface area contributed by atoms with Crippen LogP contribution >= 0.6 is 15.9 Å². The summed E-state index contributed by atoms with van der Waals surface area (Å²) in [6, 6.07) is 3.51. The molecular formula is C13H15BrF3NO2. The van der Waals surface area contributed by atoms with Crippen molar-refractivity contribution in [2.75, 3.05) is 19.0 Å². The fourth-order valence-corrected chi connectivity index (χ4v) is 2.02. The lowest BCUT2D eigenvalue weighted by molar-refractivity contribution is -0.149. The number of ether oxygens (including phenoxy) is 1. The lowest BCUT2D eigenvalue weighted by Crippen LogP contribution is -2.33. The van der Waals surface area contributed by atoms with E-state index in [0.29, 0.717) is 4.47 Å². The molecule has 0 aliphatic rings. The highest BCUT2D eigenvalue weighted by Crippen LogP contribution is 2.33. The number of methoxy groups -OCH3 is 1. The van der Waals surface area contributed by atoms with Gasteiger partial charge in [0.05, 0.1) is 18.1 Å². The molecule has 0 heterocycles. The largest absolute Gasteiger partial charge is 0.469 e. The Balaban J connectivity index is 2.89. The molecule has 3 nitrogen and oxygen atoms in total. The van der Waals surface area contributed by atoms with Crippen LogP contribution < -0.4 is 5.32 Å². The quantitative estimate of drug-likeness (QED) is 0.829. The molecule has 0 unspecified atom stereocenters. The number of benzene rings is 1. The third-order valence-electron chi connectivity index (χ3n) is 2.70. The summed E-state index contributed by atoms with van der Waals surface area (Å²) in [7, 11) is 1.27. The Morgan fingerprint density at radius 1 is 1.30 bits per heavy atom. The maximum Gasteiger partial charge on any atom is 0.416 e. The summed E-state index contributed by atoms with van der Waals surface area (Å²) >= 11 is 3.04. The molecule has 0 aromatic heterocycles. The predicted molar refractivity (Wildman–Crippen MR) is 73.4 cm³/mol. The Bertz CT molecular complexity index is 501. The number of hydrogen-bond acceptors (Lipinski definition) is 3. The van der Waals surface area contributed by atoms with E-state index in [1.807, 2.05) is 0 Å². The molecule has 0 aliphatic carbocycles. The van der Waals surface area contributed by atoms with Gasteiger partial charge in [0.2, 0.25) is 0 Å². The number of esters is 1. The first kappa shape index (κ1) is 16.8. The van der Waals surface area contributed by atoms with Gasteiger partial charge < -0.3 is 10.1 Å². The number of hydrogen-bond donors (Lipinski definition) is 1. The third-order valence-corrected chi connectivity index (χ3v) is 3.16. The van der Waals surface area contributed by atoms with Crippen LogP contribution in [-0.2, 0) is 15.7 Å². The van der Waals surface area contributed by atoms with E-state index in [9.17, 15) is 18.0 Å². The molecule has 0 spiro atoms. The molecule has 0 bridgehead atoms. The lowest BCUT2D eigenvalue weighted by atomic mass is 9.93. The molecule has 0 radical (unpaired) electrons. The minimum absolute atomic E-state index is 0.160. The molecule has 0 fully saturated rings. The SMILES string of the molecule is COC(=O)C(C)(C)CNc1cc(Br)cc(C(F)(F)F)c1. The molecule has 0 atom stereocenters. The smallest absolute Gasteiger partial charge is 0.416 e. The molecule has 0 amide bonds. The highest BCUT2D eigenvalue weighted by molar-refractivity contribution is 9.10. The lowest BCUT2D eigenvalue weighted by Gasteiger charge is -2.22. The number of carbonyl (C=O) groups excluding carboxylic acids is 1. The van der Waals surface area contributed by atoms with E-state index >= 15 is 0 Å². The van der Waals surface area contributed by atoms with Gasteiger partial charge in [-0.05, 0) is 32.0 Å². The van der Waals surface area contributed by atoms with Crippen LogP contribution in [0.5, 0.6) is 0 Å². The maximum atomic E-state index is 12.7. The van der Waals surface area contributed by atoms with Gasteiger partial charge in [0.1, 0.15) is 0 Å². The second kappa shape index (κ2) is 6.03. The van der Waals surface area contributed by atoms with Gasteiger partial charge in [-0.1, -0.05) is 15.9 Å². The number of halogens is 4. The Kier molecular flexibility index (Phi) is 5.07. The van der Waals surface area contributed by atoms with Gasteiger partial charge in [0.25, 0.3) is 0 Å². The molecule has 0 saturated heterocycles. The first-order chi connectivity index (χ1) is 9.06. The van der Waals surface area contributed by atoms with Crippen LogP contribution in [0, 0.1) is 5.41 Å². The number of nitrogens with one attached hydrogen (secondary N) is 1. The Morgan fingerprint density at radius 3 is 2.40 bits per heavy atom. The molecule has 7 heteroatoms. The van der Waals surface area contributed by atoms with Crippen LogP contribution in [-0.4, -0.2) is 19.6 Å². The standard InChI is InChI=1S/C13H15BrF3NO2/c1-12(2,11(19)20-3)7-18-10-5-8(13(15,16)17)4-9(14)6-10/h4-6,18H,7H2,1-3H3. The first-order valence-corrected chi connectivity index (χ1v) is 6.55. The normalized spacial score (nSPS) is 12.2. The van der Waals surface area contributed by atoms with Crippen molar-refractivity contribution < 1.29 is 22.7 Å². The average Bonchev–Trinajstić information content (AvgIpc) is 2.33. The van der Waals surface area contributed by atoms with E-state index in [2.05, 4.69) is 26.0 Å². The Morgan fingerprint density at radius 2 is 1.90 bits per heavy atom. The maximum absolute atomic E-state index is 12.7. The van der Waals surface area contributed by atoms with E-state index in [1.54, 1.807) is 13.8 Å². The van der Waals surface area contributed by atoms with Crippen LogP contribution in [0.2, 0.25) is 0 Å². The molecule has 0 aliphatic heterocycles. The summed E-state index contributed by atoms with van der Waals surface area (Å²) in [6.45, 7) is 3.45. The molecule has 1 aromatic rings. The van der Waals surface area contributed by atoms with E-state index in [-0.39, 0.29) is 12.2 Å². The van der Waals surface area contributed by atoms with Crippen LogP contribution in [0.15, 0.2) is 22.7 Å². The predicted octanol–water partition coefficient (Wildman–Crippen LogP) is 4.08. The van der Waals surface area contributed by atoms with Gasteiger partial charge in [0.15, 0.2) is 0 Å². The summed E-state index contributed by atoms with van der Waals surface area (Å²) in [5, 5.41) is 2.82. The third kappa shape index (κ3) is 4.40. The summed E-state index contributed by atoms with van der Waals surface area (Å²) < 4.78 is 43.0. The minimum Gasteiger partial charge on any atom is -0.469 e. The van der Waals surface area contributed by atoms with Crippen molar-refractivity contribution >= 4 is 27.6 Å². The van der Waals surface area contributed by atoms with Crippen LogP contribution in [0.3, 0.4) is 0 Å². The fraction of sp³-hybridized carbons (Fsp3) is 0.462. The minimum atomic E-state index is -4.42. The van der Waals surface area contributed by atoms with Crippen molar-refractivity contribution in [3.63, 3.8) is 0 Å².